The summed E-state index contributed by atoms with van der Waals surface area (Å²) in [6, 6.07) is 0.583. The van der Waals surface area contributed by atoms with Gasteiger partial charge in [-0.1, -0.05) is 19.4 Å². The minimum Gasteiger partial charge on any atom is -0.290 e. The smallest absolute Gasteiger partial charge is 0.0534 e. The molecule has 0 fully saturated rings. The summed E-state index contributed by atoms with van der Waals surface area (Å²) in [6.45, 7) is 2.20. The van der Waals surface area contributed by atoms with Gasteiger partial charge < -0.3 is 0 Å². The molecule has 0 spiro atoms. The number of aliphatic imine (C=N–C) groups is 1. The molecule has 1 heteroatoms. The van der Waals surface area contributed by atoms with Gasteiger partial charge in [0.2, 0.25) is 0 Å². The van der Waals surface area contributed by atoms with Crippen molar-refractivity contribution in [3.63, 3.8) is 0 Å². The summed E-state index contributed by atoms with van der Waals surface area (Å²) in [5.74, 6) is 0. The van der Waals surface area contributed by atoms with E-state index in [1.54, 1.807) is 0 Å². The van der Waals surface area contributed by atoms with Gasteiger partial charge in [0.25, 0.3) is 0 Å². The van der Waals surface area contributed by atoms with E-state index in [0.717, 1.165) is 6.42 Å². The van der Waals surface area contributed by atoms with Gasteiger partial charge in [-0.15, -0.1) is 0 Å². The van der Waals surface area contributed by atoms with Crippen molar-refractivity contribution >= 4 is 6.21 Å². The fraction of sp³-hybridized carbons (Fsp3) is 0.625. The summed E-state index contributed by atoms with van der Waals surface area (Å²) >= 11 is 0. The van der Waals surface area contributed by atoms with Crippen LogP contribution in [0.2, 0.25) is 0 Å². The normalized spacial score (nSPS) is 24.8. The van der Waals surface area contributed by atoms with Crippen LogP contribution in [0, 0.1) is 0 Å². The Bertz CT molecular complexity index is 125. The largest absolute Gasteiger partial charge is 0.290 e. The molecule has 0 aromatic carbocycles. The van der Waals surface area contributed by atoms with Gasteiger partial charge in [0.05, 0.1) is 6.04 Å². The highest BCUT2D eigenvalue weighted by Crippen LogP contribution is 2.09. The molecule has 1 atom stereocenters. The van der Waals surface area contributed by atoms with Crippen molar-refractivity contribution in [3.8, 4) is 0 Å². The second kappa shape index (κ2) is 3.44. The summed E-state index contributed by atoms with van der Waals surface area (Å²) < 4.78 is 0. The number of hydrogen-bond donors (Lipinski definition) is 0. The minimum atomic E-state index is 0.583. The molecule has 1 nitrogen and oxygen atoms in total. The summed E-state index contributed by atoms with van der Waals surface area (Å²) in [5, 5.41) is 0. The van der Waals surface area contributed by atoms with E-state index < -0.39 is 0 Å². The van der Waals surface area contributed by atoms with Gasteiger partial charge in [0.15, 0.2) is 0 Å². The highest BCUT2D eigenvalue weighted by Gasteiger charge is 2.02. The number of allylic oxidation sites excluding steroid dienone is 1. The van der Waals surface area contributed by atoms with E-state index in [1.807, 2.05) is 12.3 Å². The van der Waals surface area contributed by atoms with Crippen molar-refractivity contribution in [2.45, 2.75) is 32.2 Å². The van der Waals surface area contributed by atoms with Crippen LogP contribution in [0.5, 0.6) is 0 Å². The predicted molar refractivity (Wildman–Crippen MR) is 40.9 cm³/mol. The van der Waals surface area contributed by atoms with Gasteiger partial charge >= 0.3 is 0 Å². The molecule has 0 amide bonds. The molecule has 9 heavy (non-hydrogen) atoms. The van der Waals surface area contributed by atoms with Gasteiger partial charge in [0, 0.05) is 6.21 Å². The van der Waals surface area contributed by atoms with Crippen LogP contribution in [-0.4, -0.2) is 12.3 Å². The van der Waals surface area contributed by atoms with Crippen LogP contribution in [0.3, 0.4) is 0 Å². The first kappa shape index (κ1) is 6.53. The molecule has 0 bridgehead atoms. The minimum absolute atomic E-state index is 0.583. The maximum atomic E-state index is 4.31. The van der Waals surface area contributed by atoms with E-state index in [4.69, 9.17) is 0 Å². The van der Waals surface area contributed by atoms with E-state index in [9.17, 15) is 0 Å². The van der Waals surface area contributed by atoms with Crippen LogP contribution in [0.4, 0.5) is 0 Å². The molecule has 1 unspecified atom stereocenters. The van der Waals surface area contributed by atoms with Crippen molar-refractivity contribution < 1.29 is 0 Å². The Morgan fingerprint density at radius 1 is 1.67 bits per heavy atom. The van der Waals surface area contributed by atoms with Crippen molar-refractivity contribution in [2.75, 3.05) is 0 Å². The Kier molecular flexibility index (Phi) is 2.49. The molecule has 1 aliphatic rings. The molecule has 1 aliphatic heterocycles. The molecular weight excluding hydrogens is 110 g/mol. The third-order valence-corrected chi connectivity index (χ3v) is 1.55. The molecule has 0 aromatic rings. The quantitative estimate of drug-likeness (QED) is 0.533. The first-order chi connectivity index (χ1) is 4.43. The maximum absolute atomic E-state index is 4.31. The first-order valence-electron chi connectivity index (χ1n) is 3.61. The third kappa shape index (κ3) is 2.00. The molecular formula is C8H13N. The lowest BCUT2D eigenvalue weighted by molar-refractivity contribution is 0.611. The zero-order valence-corrected chi connectivity index (χ0v) is 5.88. The van der Waals surface area contributed by atoms with Gasteiger partial charge in [-0.05, 0) is 18.9 Å². The fourth-order valence-corrected chi connectivity index (χ4v) is 1.05. The molecule has 1 rings (SSSR count). The van der Waals surface area contributed by atoms with Crippen molar-refractivity contribution in [3.05, 3.63) is 12.2 Å². The van der Waals surface area contributed by atoms with Crippen molar-refractivity contribution in [2.24, 2.45) is 4.99 Å². The molecule has 0 aliphatic carbocycles. The molecule has 0 saturated heterocycles. The van der Waals surface area contributed by atoms with E-state index in [1.165, 1.54) is 12.8 Å². The first-order valence-corrected chi connectivity index (χ1v) is 3.61. The number of hydrogen-bond acceptors (Lipinski definition) is 1. The number of dihydropyridines is 1. The Hall–Kier alpha value is -0.590. The second-order valence-electron chi connectivity index (χ2n) is 2.40. The summed E-state index contributed by atoms with van der Waals surface area (Å²) in [6.07, 6.45) is 9.74. The molecule has 0 N–H and O–H groups in total. The SMILES string of the molecule is CCCC1CC=CC=N1. The molecule has 0 saturated carbocycles. The van der Waals surface area contributed by atoms with E-state index in [0.29, 0.717) is 6.04 Å². The van der Waals surface area contributed by atoms with Crippen molar-refractivity contribution in [1.82, 2.24) is 0 Å². The predicted octanol–water partition coefficient (Wildman–Crippen LogP) is 2.19. The molecule has 50 valence electrons. The van der Waals surface area contributed by atoms with Crippen LogP contribution < -0.4 is 0 Å². The molecule has 1 heterocycles. The monoisotopic (exact) mass is 123 g/mol. The number of nitrogens with zero attached hydrogens (tertiary/aromatic N) is 1. The second-order valence-corrected chi connectivity index (χ2v) is 2.40. The lowest BCUT2D eigenvalue weighted by Gasteiger charge is -2.09. The highest BCUT2D eigenvalue weighted by molar-refractivity contribution is 5.72. The van der Waals surface area contributed by atoms with Crippen LogP contribution in [0.1, 0.15) is 26.2 Å². The van der Waals surface area contributed by atoms with Gasteiger partial charge in [-0.2, -0.15) is 0 Å². The van der Waals surface area contributed by atoms with Crippen molar-refractivity contribution in [1.29, 1.82) is 0 Å². The van der Waals surface area contributed by atoms with Gasteiger partial charge in [-0.3, -0.25) is 4.99 Å². The topological polar surface area (TPSA) is 12.4 Å². The summed E-state index contributed by atoms with van der Waals surface area (Å²) in [5.41, 5.74) is 0. The lowest BCUT2D eigenvalue weighted by Crippen LogP contribution is -2.04. The Morgan fingerprint density at radius 2 is 2.56 bits per heavy atom. The third-order valence-electron chi connectivity index (χ3n) is 1.55. The molecule has 0 radical (unpaired) electrons. The van der Waals surface area contributed by atoms with Gasteiger partial charge in [-0.25, -0.2) is 0 Å². The average Bonchev–Trinajstić information content (AvgIpc) is 1.91. The highest BCUT2D eigenvalue weighted by atomic mass is 14.8. The molecule has 0 aromatic heterocycles. The van der Waals surface area contributed by atoms with Crippen LogP contribution in [-0.2, 0) is 0 Å². The summed E-state index contributed by atoms with van der Waals surface area (Å²) in [7, 11) is 0. The lowest BCUT2D eigenvalue weighted by atomic mass is 10.1. The zero-order chi connectivity index (χ0) is 6.53. The standard InChI is InChI=1S/C8H13N/c1-2-5-8-6-3-4-7-9-8/h3-4,7-8H,2,5-6H2,1H3. The number of rotatable bonds is 2. The Labute approximate surface area is 56.5 Å². The Morgan fingerprint density at radius 3 is 3.11 bits per heavy atom. The van der Waals surface area contributed by atoms with E-state index in [-0.39, 0.29) is 0 Å². The van der Waals surface area contributed by atoms with E-state index in [2.05, 4.69) is 18.0 Å². The zero-order valence-electron chi connectivity index (χ0n) is 5.88. The summed E-state index contributed by atoms with van der Waals surface area (Å²) in [4.78, 5) is 4.31. The Balaban J connectivity index is 2.28. The van der Waals surface area contributed by atoms with Gasteiger partial charge in [0.1, 0.15) is 0 Å². The van der Waals surface area contributed by atoms with Crippen LogP contribution in [0.25, 0.3) is 0 Å². The van der Waals surface area contributed by atoms with Crippen LogP contribution >= 0.6 is 0 Å². The maximum Gasteiger partial charge on any atom is 0.0534 e. The fourth-order valence-electron chi connectivity index (χ4n) is 1.05. The van der Waals surface area contributed by atoms with Crippen LogP contribution in [0.15, 0.2) is 17.1 Å². The van der Waals surface area contributed by atoms with E-state index >= 15 is 0 Å². The average molecular weight is 123 g/mol.